The molecule has 1 nitrogen and oxygen atoms in total. The highest BCUT2D eigenvalue weighted by atomic mass is 14.6. The second-order valence-electron chi connectivity index (χ2n) is 1.29. The van der Waals surface area contributed by atoms with Gasteiger partial charge in [0.05, 0.1) is 6.54 Å². The number of hydrogen-bond donors (Lipinski definition) is 0. The molecule has 0 aromatic carbocycles. The van der Waals surface area contributed by atoms with E-state index in [-0.39, 0.29) is 0 Å². The molecule has 0 fully saturated rings. The van der Waals surface area contributed by atoms with Gasteiger partial charge in [-0.25, -0.2) is 0 Å². The molecule has 7 heavy (non-hydrogen) atoms. The summed E-state index contributed by atoms with van der Waals surface area (Å²) in [5.41, 5.74) is 0. The molecular formula is C6H11N. The minimum atomic E-state index is 0.758. The van der Waals surface area contributed by atoms with Crippen LogP contribution in [0.5, 0.6) is 0 Å². The summed E-state index contributed by atoms with van der Waals surface area (Å²) in [5, 5.41) is 0. The van der Waals surface area contributed by atoms with E-state index in [0.29, 0.717) is 0 Å². The lowest BCUT2D eigenvalue weighted by Gasteiger charge is -1.75. The van der Waals surface area contributed by atoms with Crippen LogP contribution in [0.25, 0.3) is 0 Å². The molecule has 0 bridgehead atoms. The minimum Gasteiger partial charge on any atom is -0.297 e. The molecule has 0 saturated heterocycles. The Bertz CT molecular complexity index is 64.6. The van der Waals surface area contributed by atoms with Gasteiger partial charge in [0, 0.05) is 0 Å². The molecule has 0 aliphatic rings. The Morgan fingerprint density at radius 2 is 2.29 bits per heavy atom. The third-order valence-corrected chi connectivity index (χ3v) is 0.637. The second kappa shape index (κ2) is 5.41. The van der Waals surface area contributed by atoms with Crippen LogP contribution in [0.4, 0.5) is 0 Å². The second-order valence-corrected chi connectivity index (χ2v) is 1.29. The zero-order valence-electron chi connectivity index (χ0n) is 4.72. The topological polar surface area (TPSA) is 12.4 Å². The number of aliphatic imine (C=N–C) groups is 1. The highest BCUT2D eigenvalue weighted by Crippen LogP contribution is 1.77. The Balaban J connectivity index is 2.92. The molecule has 0 aliphatic heterocycles. The highest BCUT2D eigenvalue weighted by molar-refractivity contribution is 5.23. The first-order valence-electron chi connectivity index (χ1n) is 2.49. The van der Waals surface area contributed by atoms with E-state index >= 15 is 0 Å². The zero-order chi connectivity index (χ0) is 5.54. The first kappa shape index (κ1) is 6.41. The van der Waals surface area contributed by atoms with Crippen LogP contribution in [0.1, 0.15) is 13.3 Å². The van der Waals surface area contributed by atoms with Gasteiger partial charge in [-0.15, -0.1) is 0 Å². The van der Waals surface area contributed by atoms with Crippen molar-refractivity contribution in [2.45, 2.75) is 13.3 Å². The molecular weight excluding hydrogens is 86.1 g/mol. The number of allylic oxidation sites excluding steroid dienone is 1. The smallest absolute Gasteiger partial charge is 0.0563 e. The highest BCUT2D eigenvalue weighted by Gasteiger charge is 1.63. The molecule has 0 aromatic heterocycles. The summed E-state index contributed by atoms with van der Waals surface area (Å²) in [5.74, 6) is 0. The summed E-state index contributed by atoms with van der Waals surface area (Å²) < 4.78 is 0. The van der Waals surface area contributed by atoms with Gasteiger partial charge in [0.25, 0.3) is 0 Å². The monoisotopic (exact) mass is 97.1 g/mol. The van der Waals surface area contributed by atoms with E-state index in [1.54, 1.807) is 0 Å². The van der Waals surface area contributed by atoms with Gasteiger partial charge in [-0.05, 0) is 13.1 Å². The third-order valence-electron chi connectivity index (χ3n) is 0.637. The van der Waals surface area contributed by atoms with Crippen molar-refractivity contribution >= 4 is 6.72 Å². The molecule has 0 unspecified atom stereocenters. The average Bonchev–Trinajstić information content (AvgIpc) is 1.69. The van der Waals surface area contributed by atoms with Crippen LogP contribution in [-0.4, -0.2) is 13.3 Å². The van der Waals surface area contributed by atoms with E-state index in [2.05, 4.69) is 24.7 Å². The average molecular weight is 97.2 g/mol. The van der Waals surface area contributed by atoms with Crippen molar-refractivity contribution in [3.63, 3.8) is 0 Å². The normalized spacial score (nSPS) is 9.86. The lowest BCUT2D eigenvalue weighted by Crippen LogP contribution is -1.65. The third kappa shape index (κ3) is 5.41. The summed E-state index contributed by atoms with van der Waals surface area (Å²) in [6.07, 6.45) is 5.18. The number of nitrogens with zero attached hydrogens (tertiary/aromatic N) is 1. The Morgan fingerprint density at radius 3 is 2.71 bits per heavy atom. The van der Waals surface area contributed by atoms with Crippen LogP contribution >= 0.6 is 0 Å². The molecule has 0 radical (unpaired) electrons. The molecule has 0 N–H and O–H groups in total. The van der Waals surface area contributed by atoms with E-state index < -0.39 is 0 Å². The fourth-order valence-electron chi connectivity index (χ4n) is 0.316. The zero-order valence-corrected chi connectivity index (χ0v) is 4.72. The first-order valence-corrected chi connectivity index (χ1v) is 2.49. The maximum atomic E-state index is 3.64. The molecule has 0 rings (SSSR count). The van der Waals surface area contributed by atoms with E-state index in [4.69, 9.17) is 0 Å². The molecule has 0 spiro atoms. The SMILES string of the molecule is C=NCC=CCC. The molecule has 0 aromatic rings. The van der Waals surface area contributed by atoms with Crippen LogP contribution in [-0.2, 0) is 0 Å². The summed E-state index contributed by atoms with van der Waals surface area (Å²) in [4.78, 5) is 3.64. The largest absolute Gasteiger partial charge is 0.297 e. The van der Waals surface area contributed by atoms with E-state index in [0.717, 1.165) is 13.0 Å². The predicted molar refractivity (Wildman–Crippen MR) is 33.8 cm³/mol. The lowest BCUT2D eigenvalue weighted by atomic mass is 10.4. The minimum absolute atomic E-state index is 0.758. The van der Waals surface area contributed by atoms with Gasteiger partial charge in [-0.1, -0.05) is 19.1 Å². The summed E-state index contributed by atoms with van der Waals surface area (Å²) in [7, 11) is 0. The van der Waals surface area contributed by atoms with E-state index in [1.807, 2.05) is 6.08 Å². The van der Waals surface area contributed by atoms with Crippen molar-refractivity contribution < 1.29 is 0 Å². The van der Waals surface area contributed by atoms with Crippen molar-refractivity contribution in [2.24, 2.45) is 4.99 Å². The van der Waals surface area contributed by atoms with E-state index in [1.165, 1.54) is 0 Å². The summed E-state index contributed by atoms with van der Waals surface area (Å²) in [6, 6.07) is 0. The van der Waals surface area contributed by atoms with Crippen LogP contribution in [0.15, 0.2) is 17.1 Å². The fourth-order valence-corrected chi connectivity index (χ4v) is 0.316. The van der Waals surface area contributed by atoms with Gasteiger partial charge < -0.3 is 0 Å². The molecule has 40 valence electrons. The Morgan fingerprint density at radius 1 is 1.57 bits per heavy atom. The number of rotatable bonds is 3. The van der Waals surface area contributed by atoms with Crippen molar-refractivity contribution in [3.8, 4) is 0 Å². The lowest BCUT2D eigenvalue weighted by molar-refractivity contribution is 1.18. The fraction of sp³-hybridized carbons (Fsp3) is 0.500. The standard InChI is InChI=1S/C6H11N/c1-3-4-5-6-7-2/h4-5H,2-3,6H2,1H3. The van der Waals surface area contributed by atoms with Crippen LogP contribution in [0.3, 0.4) is 0 Å². The van der Waals surface area contributed by atoms with Gasteiger partial charge in [-0.2, -0.15) is 0 Å². The summed E-state index contributed by atoms with van der Waals surface area (Å²) in [6.45, 7) is 6.19. The van der Waals surface area contributed by atoms with Crippen molar-refractivity contribution in [2.75, 3.05) is 6.54 Å². The predicted octanol–water partition coefficient (Wildman–Crippen LogP) is 1.65. The van der Waals surface area contributed by atoms with Crippen LogP contribution in [0.2, 0.25) is 0 Å². The molecule has 0 aliphatic carbocycles. The quantitative estimate of drug-likeness (QED) is 0.375. The van der Waals surface area contributed by atoms with Gasteiger partial charge in [0.15, 0.2) is 0 Å². The maximum absolute atomic E-state index is 3.64. The Labute approximate surface area is 44.8 Å². The van der Waals surface area contributed by atoms with Crippen molar-refractivity contribution in [1.82, 2.24) is 0 Å². The summed E-state index contributed by atoms with van der Waals surface area (Å²) >= 11 is 0. The van der Waals surface area contributed by atoms with Crippen molar-refractivity contribution in [3.05, 3.63) is 12.2 Å². The number of hydrogen-bond acceptors (Lipinski definition) is 1. The van der Waals surface area contributed by atoms with Gasteiger partial charge in [-0.3, -0.25) is 4.99 Å². The molecule has 0 saturated carbocycles. The van der Waals surface area contributed by atoms with E-state index in [9.17, 15) is 0 Å². The molecule has 0 atom stereocenters. The van der Waals surface area contributed by atoms with Crippen molar-refractivity contribution in [1.29, 1.82) is 0 Å². The van der Waals surface area contributed by atoms with Gasteiger partial charge >= 0.3 is 0 Å². The maximum Gasteiger partial charge on any atom is 0.0563 e. The van der Waals surface area contributed by atoms with Crippen LogP contribution in [0, 0.1) is 0 Å². The first-order chi connectivity index (χ1) is 3.41. The Kier molecular flexibility index (Phi) is 4.95. The van der Waals surface area contributed by atoms with Crippen LogP contribution < -0.4 is 0 Å². The van der Waals surface area contributed by atoms with Gasteiger partial charge in [0.1, 0.15) is 0 Å². The van der Waals surface area contributed by atoms with Gasteiger partial charge in [0.2, 0.25) is 0 Å². The Hall–Kier alpha value is -0.590. The molecule has 1 heteroatoms. The molecule has 0 heterocycles. The molecule has 0 amide bonds.